The predicted octanol–water partition coefficient (Wildman–Crippen LogP) is 1.77. The number of nitrogens with one attached hydrogen (secondary N) is 2. The molecule has 0 spiro atoms. The Kier molecular flexibility index (Phi) is 3.30. The quantitative estimate of drug-likeness (QED) is 0.840. The molecule has 0 aliphatic rings. The summed E-state index contributed by atoms with van der Waals surface area (Å²) in [6.45, 7) is 0. The van der Waals surface area contributed by atoms with E-state index in [4.69, 9.17) is 0 Å². The molecular formula is C12H12N4O. The van der Waals surface area contributed by atoms with Crippen LogP contribution in [0.5, 0.6) is 0 Å². The molecule has 0 saturated carbocycles. The van der Waals surface area contributed by atoms with Crippen LogP contribution in [0.3, 0.4) is 0 Å². The van der Waals surface area contributed by atoms with E-state index in [0.717, 1.165) is 0 Å². The van der Waals surface area contributed by atoms with Crippen LogP contribution in [-0.2, 0) is 0 Å². The fourth-order valence-electron chi connectivity index (χ4n) is 1.41. The molecule has 2 aromatic heterocycles. The lowest BCUT2D eigenvalue weighted by molar-refractivity contribution is 0.102. The van der Waals surface area contributed by atoms with Gasteiger partial charge in [-0.1, -0.05) is 6.07 Å². The molecule has 0 bridgehead atoms. The molecule has 2 heterocycles. The lowest BCUT2D eigenvalue weighted by Crippen LogP contribution is -2.15. The Bertz CT molecular complexity index is 513. The SMILES string of the molecule is CNc1ncccc1C(=O)Nc1ccccn1. The van der Waals surface area contributed by atoms with Gasteiger partial charge in [-0.05, 0) is 24.3 Å². The van der Waals surface area contributed by atoms with Crippen LogP contribution in [0.1, 0.15) is 10.4 Å². The van der Waals surface area contributed by atoms with Gasteiger partial charge in [0.2, 0.25) is 0 Å². The van der Waals surface area contributed by atoms with Gasteiger partial charge in [-0.2, -0.15) is 0 Å². The molecule has 0 atom stereocenters. The highest BCUT2D eigenvalue weighted by atomic mass is 16.1. The second-order valence-electron chi connectivity index (χ2n) is 3.32. The minimum absolute atomic E-state index is 0.235. The Morgan fingerprint density at radius 1 is 1.12 bits per heavy atom. The molecule has 0 fully saturated rings. The maximum Gasteiger partial charge on any atom is 0.260 e. The van der Waals surface area contributed by atoms with Gasteiger partial charge in [0.15, 0.2) is 0 Å². The molecule has 0 aliphatic heterocycles. The summed E-state index contributed by atoms with van der Waals surface area (Å²) in [5, 5.41) is 5.57. The Hall–Kier alpha value is -2.43. The summed E-state index contributed by atoms with van der Waals surface area (Å²) < 4.78 is 0. The summed E-state index contributed by atoms with van der Waals surface area (Å²) in [4.78, 5) is 20.1. The number of carbonyl (C=O) groups excluding carboxylic acids is 1. The normalized spacial score (nSPS) is 9.71. The summed E-state index contributed by atoms with van der Waals surface area (Å²) in [6, 6.07) is 8.75. The van der Waals surface area contributed by atoms with E-state index in [0.29, 0.717) is 17.2 Å². The summed E-state index contributed by atoms with van der Waals surface area (Å²) in [5.74, 6) is 0.825. The van der Waals surface area contributed by atoms with Crippen molar-refractivity contribution >= 4 is 17.5 Å². The van der Waals surface area contributed by atoms with Gasteiger partial charge in [0, 0.05) is 19.4 Å². The van der Waals surface area contributed by atoms with Crippen molar-refractivity contribution in [3.8, 4) is 0 Å². The molecule has 2 rings (SSSR count). The van der Waals surface area contributed by atoms with E-state index in [-0.39, 0.29) is 5.91 Å². The second kappa shape index (κ2) is 5.07. The van der Waals surface area contributed by atoms with Crippen molar-refractivity contribution in [3.05, 3.63) is 48.3 Å². The van der Waals surface area contributed by atoms with Crippen molar-refractivity contribution in [1.29, 1.82) is 0 Å². The zero-order valence-corrected chi connectivity index (χ0v) is 9.34. The molecule has 0 aliphatic carbocycles. The van der Waals surface area contributed by atoms with Crippen LogP contribution in [0.25, 0.3) is 0 Å². The molecule has 2 aromatic rings. The number of nitrogens with zero attached hydrogens (tertiary/aromatic N) is 2. The van der Waals surface area contributed by atoms with Gasteiger partial charge in [-0.15, -0.1) is 0 Å². The number of pyridine rings is 2. The highest BCUT2D eigenvalue weighted by Gasteiger charge is 2.11. The molecule has 0 radical (unpaired) electrons. The Morgan fingerprint density at radius 3 is 2.65 bits per heavy atom. The smallest absolute Gasteiger partial charge is 0.260 e. The van der Waals surface area contributed by atoms with E-state index < -0.39 is 0 Å². The molecule has 5 heteroatoms. The molecule has 0 aromatic carbocycles. The third-order valence-electron chi connectivity index (χ3n) is 2.20. The Labute approximate surface area is 98.9 Å². The first-order valence-corrected chi connectivity index (χ1v) is 5.16. The van der Waals surface area contributed by atoms with E-state index >= 15 is 0 Å². The first-order valence-electron chi connectivity index (χ1n) is 5.16. The minimum Gasteiger partial charge on any atom is -0.372 e. The van der Waals surface area contributed by atoms with E-state index in [1.54, 1.807) is 43.7 Å². The van der Waals surface area contributed by atoms with Crippen molar-refractivity contribution in [2.45, 2.75) is 0 Å². The fourth-order valence-corrected chi connectivity index (χ4v) is 1.41. The number of rotatable bonds is 3. The van der Waals surface area contributed by atoms with Crippen LogP contribution in [0.4, 0.5) is 11.6 Å². The van der Waals surface area contributed by atoms with E-state index in [1.807, 2.05) is 6.07 Å². The maximum absolute atomic E-state index is 12.0. The summed E-state index contributed by atoms with van der Waals surface area (Å²) in [7, 11) is 1.72. The van der Waals surface area contributed by atoms with Gasteiger partial charge in [0.05, 0.1) is 5.56 Å². The van der Waals surface area contributed by atoms with E-state index in [9.17, 15) is 4.79 Å². The van der Waals surface area contributed by atoms with E-state index in [2.05, 4.69) is 20.6 Å². The third kappa shape index (κ3) is 2.57. The molecular weight excluding hydrogens is 216 g/mol. The molecule has 2 N–H and O–H groups in total. The van der Waals surface area contributed by atoms with Gasteiger partial charge in [0.25, 0.3) is 5.91 Å². The number of anilines is 2. The molecule has 1 amide bonds. The number of amides is 1. The third-order valence-corrected chi connectivity index (χ3v) is 2.20. The number of aromatic nitrogens is 2. The zero-order valence-electron chi connectivity index (χ0n) is 9.34. The van der Waals surface area contributed by atoms with Gasteiger partial charge in [0.1, 0.15) is 11.6 Å². The maximum atomic E-state index is 12.0. The second-order valence-corrected chi connectivity index (χ2v) is 3.32. The topological polar surface area (TPSA) is 66.9 Å². The number of hydrogen-bond acceptors (Lipinski definition) is 4. The van der Waals surface area contributed by atoms with Crippen molar-refractivity contribution in [1.82, 2.24) is 9.97 Å². The Morgan fingerprint density at radius 2 is 1.94 bits per heavy atom. The summed E-state index contributed by atoms with van der Waals surface area (Å²) in [6.07, 6.45) is 3.25. The molecule has 86 valence electrons. The number of carbonyl (C=O) groups is 1. The highest BCUT2D eigenvalue weighted by Crippen LogP contribution is 2.12. The lowest BCUT2D eigenvalue weighted by Gasteiger charge is -2.07. The van der Waals surface area contributed by atoms with Crippen LogP contribution >= 0.6 is 0 Å². The average Bonchev–Trinajstić information content (AvgIpc) is 2.40. The predicted molar refractivity (Wildman–Crippen MR) is 66.0 cm³/mol. The molecule has 0 unspecified atom stereocenters. The highest BCUT2D eigenvalue weighted by molar-refractivity contribution is 6.06. The van der Waals surface area contributed by atoms with Crippen molar-refractivity contribution in [2.24, 2.45) is 0 Å². The van der Waals surface area contributed by atoms with Crippen LogP contribution in [0.2, 0.25) is 0 Å². The first kappa shape index (κ1) is 11.1. The zero-order chi connectivity index (χ0) is 12.1. The molecule has 17 heavy (non-hydrogen) atoms. The largest absolute Gasteiger partial charge is 0.372 e. The van der Waals surface area contributed by atoms with Gasteiger partial charge < -0.3 is 10.6 Å². The monoisotopic (exact) mass is 228 g/mol. The van der Waals surface area contributed by atoms with Crippen LogP contribution in [0.15, 0.2) is 42.7 Å². The Balaban J connectivity index is 2.20. The standard InChI is InChI=1S/C12H12N4O/c1-13-11-9(5-4-8-15-11)12(17)16-10-6-2-3-7-14-10/h2-8H,1H3,(H,13,15)(H,14,16,17). The van der Waals surface area contributed by atoms with Crippen molar-refractivity contribution in [2.75, 3.05) is 17.7 Å². The minimum atomic E-state index is -0.235. The van der Waals surface area contributed by atoms with E-state index in [1.165, 1.54) is 0 Å². The lowest BCUT2D eigenvalue weighted by atomic mass is 10.2. The van der Waals surface area contributed by atoms with Gasteiger partial charge in [-0.3, -0.25) is 4.79 Å². The van der Waals surface area contributed by atoms with Crippen molar-refractivity contribution < 1.29 is 4.79 Å². The summed E-state index contributed by atoms with van der Waals surface area (Å²) in [5.41, 5.74) is 0.487. The fraction of sp³-hybridized carbons (Fsp3) is 0.0833. The molecule has 0 saturated heterocycles. The van der Waals surface area contributed by atoms with Gasteiger partial charge in [-0.25, -0.2) is 9.97 Å². The molecule has 5 nitrogen and oxygen atoms in total. The average molecular weight is 228 g/mol. The van der Waals surface area contributed by atoms with Gasteiger partial charge >= 0.3 is 0 Å². The number of hydrogen-bond donors (Lipinski definition) is 2. The van der Waals surface area contributed by atoms with Crippen LogP contribution in [0, 0.1) is 0 Å². The first-order chi connectivity index (χ1) is 8.31. The van der Waals surface area contributed by atoms with Crippen LogP contribution in [-0.4, -0.2) is 22.9 Å². The van der Waals surface area contributed by atoms with Crippen molar-refractivity contribution in [3.63, 3.8) is 0 Å². The van der Waals surface area contributed by atoms with Crippen LogP contribution < -0.4 is 10.6 Å². The summed E-state index contributed by atoms with van der Waals surface area (Å²) >= 11 is 0.